The predicted molar refractivity (Wildman–Crippen MR) is 86.7 cm³/mol. The molecule has 5 nitrogen and oxygen atoms in total. The van der Waals surface area contributed by atoms with Crippen molar-refractivity contribution < 1.29 is 9.59 Å². The fraction of sp³-hybridized carbons (Fsp3) is 0.625. The number of thiophene rings is 1. The van der Waals surface area contributed by atoms with Crippen LogP contribution in [0.5, 0.6) is 0 Å². The quantitative estimate of drug-likeness (QED) is 0.753. The van der Waals surface area contributed by atoms with Crippen molar-refractivity contribution in [1.82, 2.24) is 16.0 Å². The molecule has 0 spiro atoms. The van der Waals surface area contributed by atoms with E-state index < -0.39 is 0 Å². The van der Waals surface area contributed by atoms with E-state index in [2.05, 4.69) is 22.0 Å². The smallest absolute Gasteiger partial charge is 0.315 e. The minimum absolute atomic E-state index is 0.0458. The molecule has 120 valence electrons. The topological polar surface area (TPSA) is 70.2 Å². The van der Waals surface area contributed by atoms with Crippen LogP contribution in [0.25, 0.3) is 0 Å². The molecular formula is C16H23N3O2S. The summed E-state index contributed by atoms with van der Waals surface area (Å²) in [5.41, 5.74) is 0. The number of carbonyl (C=O) groups excluding carboxylic acids is 2. The average molecular weight is 321 g/mol. The largest absolute Gasteiger partial charge is 0.352 e. The number of amides is 3. The van der Waals surface area contributed by atoms with E-state index in [0.29, 0.717) is 12.0 Å². The summed E-state index contributed by atoms with van der Waals surface area (Å²) < 4.78 is 0. The Hall–Kier alpha value is -1.56. The summed E-state index contributed by atoms with van der Waals surface area (Å²) in [5, 5.41) is 10.6. The van der Waals surface area contributed by atoms with Crippen LogP contribution in [0.4, 0.5) is 4.79 Å². The molecule has 0 unspecified atom stereocenters. The minimum atomic E-state index is -0.253. The van der Waals surface area contributed by atoms with Crippen molar-refractivity contribution in [3.05, 3.63) is 22.4 Å². The van der Waals surface area contributed by atoms with E-state index >= 15 is 0 Å². The van der Waals surface area contributed by atoms with Crippen LogP contribution in [0, 0.1) is 5.92 Å². The Morgan fingerprint density at radius 2 is 2.00 bits per heavy atom. The van der Waals surface area contributed by atoms with Gasteiger partial charge in [-0.15, -0.1) is 11.3 Å². The summed E-state index contributed by atoms with van der Waals surface area (Å²) in [5.74, 6) is 0.399. The summed E-state index contributed by atoms with van der Waals surface area (Å²) in [4.78, 5) is 24.9. The first kappa shape index (κ1) is 15.3. The van der Waals surface area contributed by atoms with Crippen molar-refractivity contribution in [2.45, 2.75) is 50.6 Å². The third-order valence-corrected chi connectivity index (χ3v) is 5.31. The SMILES string of the molecule is O=C(CNC(=O)N[C@@H](c1cccs1)C1CCCC1)NC1CC1. The molecule has 3 rings (SSSR count). The van der Waals surface area contributed by atoms with Gasteiger partial charge >= 0.3 is 6.03 Å². The van der Waals surface area contributed by atoms with Gasteiger partial charge in [-0.2, -0.15) is 0 Å². The zero-order valence-corrected chi connectivity index (χ0v) is 13.5. The molecule has 3 N–H and O–H groups in total. The van der Waals surface area contributed by atoms with Gasteiger partial charge in [0.2, 0.25) is 5.91 Å². The Morgan fingerprint density at radius 1 is 1.23 bits per heavy atom. The molecule has 1 aromatic rings. The van der Waals surface area contributed by atoms with E-state index in [1.54, 1.807) is 11.3 Å². The first-order valence-electron chi connectivity index (χ1n) is 8.09. The monoisotopic (exact) mass is 321 g/mol. The molecule has 1 aromatic heterocycles. The zero-order valence-electron chi connectivity index (χ0n) is 12.6. The molecule has 3 amide bonds. The van der Waals surface area contributed by atoms with Gasteiger partial charge in [0.1, 0.15) is 0 Å². The number of nitrogens with one attached hydrogen (secondary N) is 3. The van der Waals surface area contributed by atoms with Gasteiger partial charge in [-0.1, -0.05) is 18.9 Å². The molecule has 1 heterocycles. The second-order valence-electron chi connectivity index (χ2n) is 6.21. The first-order valence-corrected chi connectivity index (χ1v) is 8.97. The molecule has 0 aromatic carbocycles. The third kappa shape index (κ3) is 4.22. The number of hydrogen-bond acceptors (Lipinski definition) is 3. The summed E-state index contributed by atoms with van der Waals surface area (Å²) >= 11 is 1.68. The first-order chi connectivity index (χ1) is 10.7. The predicted octanol–water partition coefficient (Wildman–Crippen LogP) is 2.56. The van der Waals surface area contributed by atoms with Crippen LogP contribution in [-0.2, 0) is 4.79 Å². The normalized spacial score (nSPS) is 19.6. The highest BCUT2D eigenvalue weighted by molar-refractivity contribution is 7.10. The third-order valence-electron chi connectivity index (χ3n) is 4.36. The van der Waals surface area contributed by atoms with E-state index in [1.165, 1.54) is 17.7 Å². The second kappa shape index (κ2) is 7.13. The lowest BCUT2D eigenvalue weighted by atomic mass is 9.97. The van der Waals surface area contributed by atoms with Gasteiger partial charge in [-0.25, -0.2) is 4.79 Å². The van der Waals surface area contributed by atoms with E-state index in [0.717, 1.165) is 25.7 Å². The molecule has 0 bridgehead atoms. The summed E-state index contributed by atoms with van der Waals surface area (Å²) in [6.45, 7) is 0.0458. The highest BCUT2D eigenvalue weighted by atomic mass is 32.1. The van der Waals surface area contributed by atoms with Crippen molar-refractivity contribution >= 4 is 23.3 Å². The van der Waals surface area contributed by atoms with Gasteiger partial charge in [-0.3, -0.25) is 4.79 Å². The molecule has 0 radical (unpaired) electrons. The van der Waals surface area contributed by atoms with E-state index in [4.69, 9.17) is 0 Å². The van der Waals surface area contributed by atoms with Crippen molar-refractivity contribution in [1.29, 1.82) is 0 Å². The Labute approximate surface area is 134 Å². The lowest BCUT2D eigenvalue weighted by molar-refractivity contribution is -0.120. The maximum absolute atomic E-state index is 12.1. The van der Waals surface area contributed by atoms with E-state index in [1.807, 2.05) is 11.4 Å². The molecule has 2 aliphatic carbocycles. The maximum atomic E-state index is 12.1. The summed E-state index contributed by atoms with van der Waals surface area (Å²) in [7, 11) is 0. The molecule has 22 heavy (non-hydrogen) atoms. The molecule has 1 atom stereocenters. The number of hydrogen-bond donors (Lipinski definition) is 3. The molecular weight excluding hydrogens is 298 g/mol. The van der Waals surface area contributed by atoms with Gasteiger partial charge in [0.25, 0.3) is 0 Å². The molecule has 2 saturated carbocycles. The van der Waals surface area contributed by atoms with Crippen LogP contribution < -0.4 is 16.0 Å². The van der Waals surface area contributed by atoms with Crippen LogP contribution in [0.1, 0.15) is 49.4 Å². The Balaban J connectivity index is 1.50. The van der Waals surface area contributed by atoms with Crippen LogP contribution in [0.3, 0.4) is 0 Å². The van der Waals surface area contributed by atoms with Crippen molar-refractivity contribution in [2.75, 3.05) is 6.54 Å². The average Bonchev–Trinajstić information content (AvgIpc) is 3.01. The van der Waals surface area contributed by atoms with Crippen molar-refractivity contribution in [3.63, 3.8) is 0 Å². The number of urea groups is 1. The summed E-state index contributed by atoms with van der Waals surface area (Å²) in [6, 6.07) is 4.23. The van der Waals surface area contributed by atoms with Gasteiger partial charge in [0, 0.05) is 10.9 Å². The van der Waals surface area contributed by atoms with Gasteiger partial charge < -0.3 is 16.0 Å². The standard InChI is InChI=1S/C16H23N3O2S/c20-14(18-12-7-8-12)10-17-16(21)19-15(11-4-1-2-5-11)13-6-3-9-22-13/h3,6,9,11-12,15H,1-2,4-5,7-8,10H2,(H,18,20)(H2,17,19,21)/t15-/m1/s1. The van der Waals surface area contributed by atoms with Crippen LogP contribution in [-0.4, -0.2) is 24.5 Å². The second-order valence-corrected chi connectivity index (χ2v) is 7.19. The van der Waals surface area contributed by atoms with Crippen molar-refractivity contribution in [3.8, 4) is 0 Å². The molecule has 0 aliphatic heterocycles. The highest BCUT2D eigenvalue weighted by Gasteiger charge is 2.28. The lowest BCUT2D eigenvalue weighted by Gasteiger charge is -2.23. The maximum Gasteiger partial charge on any atom is 0.315 e. The van der Waals surface area contributed by atoms with Crippen LogP contribution in [0.2, 0.25) is 0 Å². The fourth-order valence-corrected chi connectivity index (χ4v) is 3.91. The van der Waals surface area contributed by atoms with E-state index in [9.17, 15) is 9.59 Å². The van der Waals surface area contributed by atoms with Crippen LogP contribution >= 0.6 is 11.3 Å². The highest BCUT2D eigenvalue weighted by Crippen LogP contribution is 2.37. The molecule has 6 heteroatoms. The molecule has 0 saturated heterocycles. The van der Waals surface area contributed by atoms with E-state index in [-0.39, 0.29) is 24.5 Å². The van der Waals surface area contributed by atoms with Gasteiger partial charge in [-0.05, 0) is 43.0 Å². The Bertz CT molecular complexity index is 507. The Morgan fingerprint density at radius 3 is 2.64 bits per heavy atom. The zero-order chi connectivity index (χ0) is 15.4. The van der Waals surface area contributed by atoms with Gasteiger partial charge in [0.15, 0.2) is 0 Å². The van der Waals surface area contributed by atoms with Gasteiger partial charge in [0.05, 0.1) is 12.6 Å². The molecule has 2 aliphatic rings. The fourth-order valence-electron chi connectivity index (χ4n) is 3.04. The number of carbonyl (C=O) groups is 2. The lowest BCUT2D eigenvalue weighted by Crippen LogP contribution is -2.44. The summed E-state index contributed by atoms with van der Waals surface area (Å²) in [6.07, 6.45) is 6.90. The number of rotatable bonds is 6. The minimum Gasteiger partial charge on any atom is -0.352 e. The van der Waals surface area contributed by atoms with Crippen LogP contribution in [0.15, 0.2) is 17.5 Å². The molecule has 2 fully saturated rings. The van der Waals surface area contributed by atoms with Crippen molar-refractivity contribution in [2.24, 2.45) is 5.92 Å². The Kier molecular flexibility index (Phi) is 4.97.